The van der Waals surface area contributed by atoms with Crippen molar-refractivity contribution in [3.05, 3.63) is 11.3 Å². The lowest BCUT2D eigenvalue weighted by molar-refractivity contribution is -0.118. The molecule has 1 aliphatic carbocycles. The van der Waals surface area contributed by atoms with E-state index in [0.717, 1.165) is 30.5 Å². The molecule has 1 heterocycles. The van der Waals surface area contributed by atoms with E-state index in [9.17, 15) is 14.7 Å². The van der Waals surface area contributed by atoms with Crippen LogP contribution in [-0.2, 0) is 9.59 Å². The normalized spacial score (nSPS) is 21.7. The lowest BCUT2D eigenvalue weighted by Crippen LogP contribution is -2.11. The van der Waals surface area contributed by atoms with Gasteiger partial charge in [0, 0.05) is 6.42 Å². The van der Waals surface area contributed by atoms with Crippen molar-refractivity contribution in [3.8, 4) is 0 Å². The van der Waals surface area contributed by atoms with Gasteiger partial charge in [-0.15, -0.1) is 0 Å². The summed E-state index contributed by atoms with van der Waals surface area (Å²) in [4.78, 5) is 23.3. The minimum atomic E-state index is -0.254. The number of ketones is 1. The second kappa shape index (κ2) is 6.41. The van der Waals surface area contributed by atoms with E-state index >= 15 is 0 Å². The van der Waals surface area contributed by atoms with Crippen molar-refractivity contribution in [3.63, 3.8) is 0 Å². The summed E-state index contributed by atoms with van der Waals surface area (Å²) in [6.07, 6.45) is 8.90. The van der Waals surface area contributed by atoms with Crippen LogP contribution in [0.3, 0.4) is 0 Å². The molecule has 0 bridgehead atoms. The number of hydrogen-bond donors (Lipinski definition) is 1. The highest BCUT2D eigenvalue weighted by Crippen LogP contribution is 2.29. The molecule has 100 valence electrons. The van der Waals surface area contributed by atoms with Gasteiger partial charge in [-0.3, -0.25) is 9.59 Å². The number of carbonyl (C=O) groups is 2. The van der Waals surface area contributed by atoms with Crippen molar-refractivity contribution in [1.29, 1.82) is 0 Å². The van der Waals surface area contributed by atoms with Crippen LogP contribution in [0.25, 0.3) is 0 Å². The highest BCUT2D eigenvalue weighted by Gasteiger charge is 2.29. The molecule has 2 aliphatic rings. The highest BCUT2D eigenvalue weighted by molar-refractivity contribution is 8.14. The van der Waals surface area contributed by atoms with Crippen LogP contribution in [0.5, 0.6) is 0 Å². The van der Waals surface area contributed by atoms with Crippen LogP contribution in [0, 0.1) is 5.92 Å². The van der Waals surface area contributed by atoms with Gasteiger partial charge in [0.25, 0.3) is 0 Å². The summed E-state index contributed by atoms with van der Waals surface area (Å²) in [7, 11) is 0. The average Bonchev–Trinajstić information content (AvgIpc) is 2.70. The molecule has 2 rings (SSSR count). The number of aliphatic hydroxyl groups is 1. The van der Waals surface area contributed by atoms with Gasteiger partial charge >= 0.3 is 0 Å². The second-order valence-electron chi connectivity index (χ2n) is 5.22. The van der Waals surface area contributed by atoms with Crippen LogP contribution in [0.2, 0.25) is 0 Å². The van der Waals surface area contributed by atoms with E-state index in [2.05, 4.69) is 0 Å². The number of hydrogen-bond acceptors (Lipinski definition) is 4. The van der Waals surface area contributed by atoms with Crippen molar-refractivity contribution in [2.75, 3.05) is 5.75 Å². The van der Waals surface area contributed by atoms with Gasteiger partial charge in [-0.05, 0) is 12.3 Å². The molecule has 0 aromatic heterocycles. The first-order valence-electron chi connectivity index (χ1n) is 6.81. The van der Waals surface area contributed by atoms with Gasteiger partial charge < -0.3 is 5.11 Å². The summed E-state index contributed by atoms with van der Waals surface area (Å²) < 4.78 is 0. The predicted molar refractivity (Wildman–Crippen MR) is 72.6 cm³/mol. The molecular weight excluding hydrogens is 248 g/mol. The fourth-order valence-corrected chi connectivity index (χ4v) is 3.61. The summed E-state index contributed by atoms with van der Waals surface area (Å²) in [5.41, 5.74) is 0.0589. The molecule has 1 saturated carbocycles. The van der Waals surface area contributed by atoms with Crippen molar-refractivity contribution in [2.45, 2.75) is 51.4 Å². The molecule has 0 radical (unpaired) electrons. The van der Waals surface area contributed by atoms with Crippen LogP contribution >= 0.6 is 11.8 Å². The molecular formula is C14H20O3S. The van der Waals surface area contributed by atoms with Crippen LogP contribution in [0.4, 0.5) is 0 Å². The number of rotatable bonds is 5. The standard InChI is InChI=1S/C14H20O3S/c15-11(13-12(16)9-18-14(13)17)8-4-7-10-5-2-1-3-6-10/h10,16H,1-9H2. The summed E-state index contributed by atoms with van der Waals surface area (Å²) >= 11 is 1.02. The van der Waals surface area contributed by atoms with Gasteiger partial charge in [0.1, 0.15) is 11.3 Å². The van der Waals surface area contributed by atoms with Crippen molar-refractivity contribution in [2.24, 2.45) is 5.92 Å². The molecule has 0 atom stereocenters. The lowest BCUT2D eigenvalue weighted by Gasteiger charge is -2.21. The van der Waals surface area contributed by atoms with Gasteiger partial charge in [0.2, 0.25) is 5.12 Å². The first-order valence-corrected chi connectivity index (χ1v) is 7.79. The molecule has 4 heteroatoms. The molecule has 0 spiro atoms. The average molecular weight is 268 g/mol. The first-order chi connectivity index (χ1) is 8.68. The number of aliphatic hydroxyl groups excluding tert-OH is 1. The quantitative estimate of drug-likeness (QED) is 0.776. The van der Waals surface area contributed by atoms with Gasteiger partial charge in [0.15, 0.2) is 5.78 Å². The Balaban J connectivity index is 1.75. The molecule has 0 amide bonds. The van der Waals surface area contributed by atoms with E-state index in [4.69, 9.17) is 0 Å². The maximum atomic E-state index is 11.9. The van der Waals surface area contributed by atoms with E-state index < -0.39 is 0 Å². The van der Waals surface area contributed by atoms with Gasteiger partial charge in [-0.25, -0.2) is 0 Å². The number of thioether (sulfide) groups is 1. The minimum Gasteiger partial charge on any atom is -0.510 e. The molecule has 18 heavy (non-hydrogen) atoms. The Morgan fingerprint density at radius 2 is 2.00 bits per heavy atom. The Bertz CT molecular complexity index is 367. The van der Waals surface area contributed by atoms with E-state index in [0.29, 0.717) is 6.42 Å². The third-order valence-corrected chi connectivity index (χ3v) is 4.74. The van der Waals surface area contributed by atoms with E-state index in [-0.39, 0.29) is 28.0 Å². The molecule has 1 N–H and O–H groups in total. The third kappa shape index (κ3) is 3.37. The second-order valence-corrected chi connectivity index (χ2v) is 6.17. The largest absolute Gasteiger partial charge is 0.510 e. The Hall–Kier alpha value is -0.770. The van der Waals surface area contributed by atoms with Crippen molar-refractivity contribution >= 4 is 22.7 Å². The zero-order valence-corrected chi connectivity index (χ0v) is 11.4. The fraction of sp³-hybridized carbons (Fsp3) is 0.714. The number of Topliss-reactive ketones (excluding diaryl/α,β-unsaturated/α-hetero) is 1. The van der Waals surface area contributed by atoms with Crippen molar-refractivity contribution < 1.29 is 14.7 Å². The van der Waals surface area contributed by atoms with E-state index in [1.807, 2.05) is 0 Å². The molecule has 0 unspecified atom stereocenters. The summed E-state index contributed by atoms with van der Waals surface area (Å²) in [6, 6.07) is 0. The Morgan fingerprint density at radius 1 is 1.28 bits per heavy atom. The van der Waals surface area contributed by atoms with Crippen molar-refractivity contribution in [1.82, 2.24) is 0 Å². The van der Waals surface area contributed by atoms with E-state index in [1.54, 1.807) is 0 Å². The topological polar surface area (TPSA) is 54.4 Å². The Kier molecular flexibility index (Phi) is 4.87. The molecule has 3 nitrogen and oxygen atoms in total. The zero-order chi connectivity index (χ0) is 13.0. The highest BCUT2D eigenvalue weighted by atomic mass is 32.2. The monoisotopic (exact) mass is 268 g/mol. The molecule has 0 aromatic carbocycles. The Morgan fingerprint density at radius 3 is 2.61 bits per heavy atom. The smallest absolute Gasteiger partial charge is 0.226 e. The minimum absolute atomic E-state index is 0.0207. The molecule has 0 saturated heterocycles. The van der Waals surface area contributed by atoms with Gasteiger partial charge in [0.05, 0.1) is 5.75 Å². The van der Waals surface area contributed by atoms with E-state index in [1.165, 1.54) is 32.1 Å². The van der Waals surface area contributed by atoms with Crippen LogP contribution in [0.15, 0.2) is 11.3 Å². The predicted octanol–water partition coefficient (Wildman–Crippen LogP) is 3.39. The summed E-state index contributed by atoms with van der Waals surface area (Å²) in [5.74, 6) is 0.844. The van der Waals surface area contributed by atoms with Crippen LogP contribution in [-0.4, -0.2) is 21.8 Å². The maximum absolute atomic E-state index is 11.9. The zero-order valence-electron chi connectivity index (χ0n) is 10.6. The first kappa shape index (κ1) is 13.7. The Labute approximate surface area is 112 Å². The molecule has 1 fully saturated rings. The van der Waals surface area contributed by atoms with Crippen LogP contribution < -0.4 is 0 Å². The summed E-state index contributed by atoms with van der Waals surface area (Å²) in [5, 5.41) is 9.24. The third-order valence-electron chi connectivity index (χ3n) is 3.85. The number of carbonyl (C=O) groups excluding carboxylic acids is 2. The van der Waals surface area contributed by atoms with Crippen LogP contribution in [0.1, 0.15) is 51.4 Å². The maximum Gasteiger partial charge on any atom is 0.226 e. The molecule has 0 aromatic rings. The fourth-order valence-electron chi connectivity index (χ4n) is 2.82. The van der Waals surface area contributed by atoms with Gasteiger partial charge in [-0.2, -0.15) is 0 Å². The molecule has 1 aliphatic heterocycles. The summed E-state index contributed by atoms with van der Waals surface area (Å²) in [6.45, 7) is 0. The lowest BCUT2D eigenvalue weighted by atomic mass is 9.85. The van der Waals surface area contributed by atoms with Gasteiger partial charge in [-0.1, -0.05) is 50.3 Å². The SMILES string of the molecule is O=C(CCCC1CCCCC1)C1=C(O)CSC1=O.